The van der Waals surface area contributed by atoms with Crippen LogP contribution in [0.1, 0.15) is 5.56 Å². The standard InChI is InChI=1S/C23H24FN3O/c24-20-8-10-21(11-9-20)25-23(28)17-27-14-12-26(13-15-27)16-19-6-3-5-18-4-1-2-7-22(18)19/h1-11H,12-17H2,(H,25,28). The van der Waals surface area contributed by atoms with E-state index in [0.29, 0.717) is 12.2 Å². The highest BCUT2D eigenvalue weighted by atomic mass is 19.1. The number of amides is 1. The lowest BCUT2D eigenvalue weighted by atomic mass is 10.0. The molecule has 1 N–H and O–H groups in total. The van der Waals surface area contributed by atoms with Gasteiger partial charge in [0, 0.05) is 38.4 Å². The summed E-state index contributed by atoms with van der Waals surface area (Å²) >= 11 is 0. The molecule has 1 fully saturated rings. The van der Waals surface area contributed by atoms with E-state index in [2.05, 4.69) is 57.6 Å². The summed E-state index contributed by atoms with van der Waals surface area (Å²) < 4.78 is 13.0. The zero-order valence-electron chi connectivity index (χ0n) is 15.8. The maximum Gasteiger partial charge on any atom is 0.238 e. The number of hydrogen-bond acceptors (Lipinski definition) is 3. The number of anilines is 1. The summed E-state index contributed by atoms with van der Waals surface area (Å²) in [6.45, 7) is 4.89. The van der Waals surface area contributed by atoms with Crippen molar-refractivity contribution in [3.8, 4) is 0 Å². The molecule has 1 amide bonds. The Hall–Kier alpha value is -2.76. The van der Waals surface area contributed by atoms with Crippen LogP contribution >= 0.6 is 0 Å². The number of nitrogens with zero attached hydrogens (tertiary/aromatic N) is 2. The van der Waals surface area contributed by atoms with Gasteiger partial charge in [0.05, 0.1) is 6.54 Å². The first-order valence-corrected chi connectivity index (χ1v) is 9.64. The second-order valence-electron chi connectivity index (χ2n) is 7.25. The maximum absolute atomic E-state index is 13.0. The molecule has 0 unspecified atom stereocenters. The number of hydrogen-bond donors (Lipinski definition) is 1. The summed E-state index contributed by atoms with van der Waals surface area (Å²) in [5.74, 6) is -0.366. The first kappa shape index (κ1) is 18.6. The van der Waals surface area contributed by atoms with Crippen LogP contribution in [-0.2, 0) is 11.3 Å². The topological polar surface area (TPSA) is 35.6 Å². The smallest absolute Gasteiger partial charge is 0.238 e. The van der Waals surface area contributed by atoms with Crippen molar-refractivity contribution in [1.29, 1.82) is 0 Å². The number of fused-ring (bicyclic) bond motifs is 1. The lowest BCUT2D eigenvalue weighted by Gasteiger charge is -2.34. The molecular weight excluding hydrogens is 353 g/mol. The lowest BCUT2D eigenvalue weighted by Crippen LogP contribution is -2.48. The van der Waals surface area contributed by atoms with E-state index in [4.69, 9.17) is 0 Å². The molecule has 0 atom stereocenters. The van der Waals surface area contributed by atoms with Crippen molar-refractivity contribution in [3.63, 3.8) is 0 Å². The van der Waals surface area contributed by atoms with Crippen LogP contribution in [0.25, 0.3) is 10.8 Å². The van der Waals surface area contributed by atoms with Gasteiger partial charge in [-0.15, -0.1) is 0 Å². The van der Waals surface area contributed by atoms with Crippen LogP contribution in [0.5, 0.6) is 0 Å². The minimum absolute atomic E-state index is 0.0610. The molecule has 3 aromatic carbocycles. The predicted molar refractivity (Wildman–Crippen MR) is 111 cm³/mol. The molecular formula is C23H24FN3O. The Morgan fingerprint density at radius 2 is 1.54 bits per heavy atom. The number of piperazine rings is 1. The average Bonchev–Trinajstić information content (AvgIpc) is 2.71. The van der Waals surface area contributed by atoms with E-state index in [0.717, 1.165) is 32.7 Å². The van der Waals surface area contributed by atoms with Crippen LogP contribution in [-0.4, -0.2) is 48.4 Å². The van der Waals surface area contributed by atoms with Gasteiger partial charge in [0.15, 0.2) is 0 Å². The van der Waals surface area contributed by atoms with Crippen LogP contribution in [0.4, 0.5) is 10.1 Å². The Kier molecular flexibility index (Phi) is 5.65. The molecule has 0 spiro atoms. The molecule has 1 saturated heterocycles. The van der Waals surface area contributed by atoms with Gasteiger partial charge in [0.1, 0.15) is 5.82 Å². The molecule has 1 aliphatic rings. The van der Waals surface area contributed by atoms with Crippen molar-refractivity contribution in [1.82, 2.24) is 9.80 Å². The van der Waals surface area contributed by atoms with E-state index in [1.807, 2.05) is 0 Å². The summed E-state index contributed by atoms with van der Waals surface area (Å²) in [6.07, 6.45) is 0. The number of carbonyl (C=O) groups excluding carboxylic acids is 1. The SMILES string of the molecule is O=C(CN1CCN(Cc2cccc3ccccc23)CC1)Nc1ccc(F)cc1. The summed E-state index contributed by atoms with van der Waals surface area (Å²) in [5.41, 5.74) is 1.97. The van der Waals surface area contributed by atoms with Crippen molar-refractivity contribution in [2.45, 2.75) is 6.54 Å². The summed E-state index contributed by atoms with van der Waals surface area (Å²) in [5, 5.41) is 5.41. The van der Waals surface area contributed by atoms with Crippen molar-refractivity contribution >= 4 is 22.4 Å². The minimum atomic E-state index is -0.305. The average molecular weight is 377 g/mol. The molecule has 1 heterocycles. The van der Waals surface area contributed by atoms with Gasteiger partial charge < -0.3 is 5.32 Å². The Labute approximate surface area is 164 Å². The molecule has 0 radical (unpaired) electrons. The Morgan fingerprint density at radius 1 is 0.857 bits per heavy atom. The van der Waals surface area contributed by atoms with Crippen molar-refractivity contribution in [2.75, 3.05) is 38.0 Å². The van der Waals surface area contributed by atoms with Gasteiger partial charge in [-0.3, -0.25) is 14.6 Å². The molecule has 28 heavy (non-hydrogen) atoms. The fourth-order valence-corrected chi connectivity index (χ4v) is 3.71. The molecule has 3 aromatic rings. The molecule has 5 heteroatoms. The minimum Gasteiger partial charge on any atom is -0.325 e. The molecule has 0 bridgehead atoms. The first-order valence-electron chi connectivity index (χ1n) is 9.64. The molecule has 1 aliphatic heterocycles. The van der Waals surface area contributed by atoms with Crippen LogP contribution in [0.3, 0.4) is 0 Å². The lowest BCUT2D eigenvalue weighted by molar-refractivity contribution is -0.117. The highest BCUT2D eigenvalue weighted by Gasteiger charge is 2.19. The van der Waals surface area contributed by atoms with Gasteiger partial charge in [-0.25, -0.2) is 4.39 Å². The maximum atomic E-state index is 13.0. The van der Waals surface area contributed by atoms with E-state index in [1.165, 1.54) is 28.5 Å². The van der Waals surface area contributed by atoms with Crippen LogP contribution in [0.15, 0.2) is 66.7 Å². The van der Waals surface area contributed by atoms with Crippen LogP contribution in [0.2, 0.25) is 0 Å². The molecule has 4 nitrogen and oxygen atoms in total. The highest BCUT2D eigenvalue weighted by Crippen LogP contribution is 2.20. The first-order chi connectivity index (χ1) is 13.7. The Balaban J connectivity index is 1.28. The molecule has 0 aliphatic carbocycles. The largest absolute Gasteiger partial charge is 0.325 e. The van der Waals surface area contributed by atoms with Crippen LogP contribution < -0.4 is 5.32 Å². The normalized spacial score (nSPS) is 15.6. The van der Waals surface area contributed by atoms with Gasteiger partial charge in [-0.2, -0.15) is 0 Å². The molecule has 4 rings (SSSR count). The third kappa shape index (κ3) is 4.55. The second kappa shape index (κ2) is 8.50. The summed E-state index contributed by atoms with van der Waals surface area (Å²) in [7, 11) is 0. The zero-order chi connectivity index (χ0) is 19.3. The zero-order valence-corrected chi connectivity index (χ0v) is 15.8. The van der Waals surface area contributed by atoms with Crippen molar-refractivity contribution < 1.29 is 9.18 Å². The number of halogens is 1. The monoisotopic (exact) mass is 377 g/mol. The Bertz CT molecular complexity index is 944. The number of benzene rings is 3. The Morgan fingerprint density at radius 3 is 2.32 bits per heavy atom. The quantitative estimate of drug-likeness (QED) is 0.736. The third-order valence-electron chi connectivity index (χ3n) is 5.23. The number of carbonyl (C=O) groups is 1. The van der Waals surface area contributed by atoms with E-state index < -0.39 is 0 Å². The van der Waals surface area contributed by atoms with E-state index in [1.54, 1.807) is 12.1 Å². The van der Waals surface area contributed by atoms with Crippen molar-refractivity contribution in [3.05, 3.63) is 78.1 Å². The van der Waals surface area contributed by atoms with Crippen LogP contribution in [0, 0.1) is 5.82 Å². The van der Waals surface area contributed by atoms with Gasteiger partial charge >= 0.3 is 0 Å². The van der Waals surface area contributed by atoms with E-state index >= 15 is 0 Å². The van der Waals surface area contributed by atoms with Gasteiger partial charge in [-0.05, 0) is 40.6 Å². The van der Waals surface area contributed by atoms with Crippen molar-refractivity contribution in [2.24, 2.45) is 0 Å². The summed E-state index contributed by atoms with van der Waals surface area (Å²) in [6, 6.07) is 20.8. The molecule has 0 saturated carbocycles. The fourth-order valence-electron chi connectivity index (χ4n) is 3.71. The van der Waals surface area contributed by atoms with Gasteiger partial charge in [0.2, 0.25) is 5.91 Å². The summed E-state index contributed by atoms with van der Waals surface area (Å²) in [4.78, 5) is 16.8. The van der Waals surface area contributed by atoms with E-state index in [9.17, 15) is 9.18 Å². The molecule has 0 aromatic heterocycles. The van der Waals surface area contributed by atoms with Gasteiger partial charge in [0.25, 0.3) is 0 Å². The number of rotatable bonds is 5. The van der Waals surface area contributed by atoms with E-state index in [-0.39, 0.29) is 11.7 Å². The third-order valence-corrected chi connectivity index (χ3v) is 5.23. The number of nitrogens with one attached hydrogen (secondary N) is 1. The second-order valence-corrected chi connectivity index (χ2v) is 7.25. The fraction of sp³-hybridized carbons (Fsp3) is 0.261. The highest BCUT2D eigenvalue weighted by molar-refractivity contribution is 5.92. The predicted octanol–water partition coefficient (Wildman–Crippen LogP) is 3.74. The van der Waals surface area contributed by atoms with Gasteiger partial charge in [-0.1, -0.05) is 42.5 Å². The molecule has 144 valence electrons.